The molecule has 0 spiro atoms. The van der Waals surface area contributed by atoms with Gasteiger partial charge in [0.1, 0.15) is 0 Å². The highest BCUT2D eigenvalue weighted by Gasteiger charge is 2.17. The van der Waals surface area contributed by atoms with Crippen LogP contribution < -0.4 is 14.8 Å². The normalized spacial score (nSPS) is 22.2. The van der Waals surface area contributed by atoms with Gasteiger partial charge in [0.15, 0.2) is 11.5 Å². The molecule has 0 bridgehead atoms. The number of morpholine rings is 1. The molecular weight excluding hydrogens is 230 g/mol. The molecule has 1 fully saturated rings. The maximum absolute atomic E-state index is 5.71. The van der Waals surface area contributed by atoms with E-state index in [4.69, 9.17) is 14.2 Å². The fourth-order valence-electron chi connectivity index (χ4n) is 2.48. The summed E-state index contributed by atoms with van der Waals surface area (Å²) < 4.78 is 16.5. The molecule has 3 rings (SSSR count). The Hall–Kier alpha value is -1.26. The van der Waals surface area contributed by atoms with Crippen LogP contribution >= 0.6 is 0 Å². The number of nitrogens with one attached hydrogen (secondary N) is 1. The number of fused-ring (bicyclic) bond motifs is 1. The Bertz CT molecular complexity index is 427. The molecule has 0 aromatic heterocycles. The van der Waals surface area contributed by atoms with E-state index in [0.717, 1.165) is 44.0 Å². The van der Waals surface area contributed by atoms with Gasteiger partial charge >= 0.3 is 0 Å². The van der Waals surface area contributed by atoms with E-state index >= 15 is 0 Å². The van der Waals surface area contributed by atoms with Crippen LogP contribution in [0.1, 0.15) is 17.5 Å². The summed E-state index contributed by atoms with van der Waals surface area (Å²) in [5, 5.41) is 3.36. The van der Waals surface area contributed by atoms with Gasteiger partial charge in [-0.05, 0) is 43.0 Å². The van der Waals surface area contributed by atoms with Crippen LogP contribution in [0, 0.1) is 6.92 Å². The third-order valence-electron chi connectivity index (χ3n) is 3.57. The lowest BCUT2D eigenvalue weighted by atomic mass is 10.0. The van der Waals surface area contributed by atoms with Crippen LogP contribution in [0.4, 0.5) is 0 Å². The van der Waals surface area contributed by atoms with Crippen LogP contribution in [0.15, 0.2) is 12.1 Å². The number of aryl methyl sites for hydroxylation is 2. The molecule has 1 atom stereocenters. The first-order chi connectivity index (χ1) is 8.83. The molecule has 1 saturated heterocycles. The van der Waals surface area contributed by atoms with E-state index in [9.17, 15) is 0 Å². The van der Waals surface area contributed by atoms with Crippen LogP contribution in [0.3, 0.4) is 0 Å². The fourth-order valence-corrected chi connectivity index (χ4v) is 2.48. The summed E-state index contributed by atoms with van der Waals surface area (Å²) in [4.78, 5) is 0. The summed E-state index contributed by atoms with van der Waals surface area (Å²) in [5.74, 6) is 1.74. The van der Waals surface area contributed by atoms with Gasteiger partial charge in [0.05, 0.1) is 12.7 Å². The summed E-state index contributed by atoms with van der Waals surface area (Å²) >= 11 is 0. The molecule has 18 heavy (non-hydrogen) atoms. The van der Waals surface area contributed by atoms with Crippen molar-refractivity contribution in [2.24, 2.45) is 0 Å². The topological polar surface area (TPSA) is 39.7 Å². The molecule has 1 unspecified atom stereocenters. The summed E-state index contributed by atoms with van der Waals surface area (Å²) in [7, 11) is 0. The molecule has 1 N–H and O–H groups in total. The molecule has 0 radical (unpaired) electrons. The van der Waals surface area contributed by atoms with Crippen molar-refractivity contribution < 1.29 is 14.2 Å². The van der Waals surface area contributed by atoms with E-state index in [1.54, 1.807) is 0 Å². The largest absolute Gasteiger partial charge is 0.454 e. The minimum absolute atomic E-state index is 0.337. The molecule has 1 aromatic rings. The van der Waals surface area contributed by atoms with E-state index in [1.807, 2.05) is 0 Å². The second-order valence-electron chi connectivity index (χ2n) is 4.87. The summed E-state index contributed by atoms with van der Waals surface area (Å²) in [6, 6.07) is 4.17. The van der Waals surface area contributed by atoms with Crippen molar-refractivity contribution in [3.63, 3.8) is 0 Å². The van der Waals surface area contributed by atoms with Gasteiger partial charge in [0.25, 0.3) is 0 Å². The predicted molar refractivity (Wildman–Crippen MR) is 68.2 cm³/mol. The first-order valence-electron chi connectivity index (χ1n) is 6.54. The van der Waals surface area contributed by atoms with Crippen molar-refractivity contribution >= 4 is 0 Å². The first-order valence-corrected chi connectivity index (χ1v) is 6.54. The average molecular weight is 249 g/mol. The standard InChI is InChI=1S/C14H19NO3/c1-10-6-13-14(18-9-17-13)7-11(10)2-3-12-8-15-4-5-16-12/h6-7,12,15H,2-5,8-9H2,1H3. The Labute approximate surface area is 107 Å². The minimum Gasteiger partial charge on any atom is -0.454 e. The summed E-state index contributed by atoms with van der Waals surface area (Å²) in [6.07, 6.45) is 2.41. The minimum atomic E-state index is 0.337. The van der Waals surface area contributed by atoms with E-state index in [2.05, 4.69) is 24.4 Å². The summed E-state index contributed by atoms with van der Waals surface area (Å²) in [6.45, 7) is 5.22. The van der Waals surface area contributed by atoms with Crippen molar-refractivity contribution in [2.75, 3.05) is 26.5 Å². The predicted octanol–water partition coefficient (Wildman–Crippen LogP) is 1.64. The van der Waals surface area contributed by atoms with Crippen molar-refractivity contribution in [2.45, 2.75) is 25.9 Å². The Kier molecular flexibility index (Phi) is 3.39. The van der Waals surface area contributed by atoms with Crippen LogP contribution in [-0.2, 0) is 11.2 Å². The maximum atomic E-state index is 5.71. The second kappa shape index (κ2) is 5.16. The van der Waals surface area contributed by atoms with E-state index in [-0.39, 0.29) is 0 Å². The lowest BCUT2D eigenvalue weighted by molar-refractivity contribution is 0.0238. The highest BCUT2D eigenvalue weighted by atomic mass is 16.7. The highest BCUT2D eigenvalue weighted by Crippen LogP contribution is 2.35. The molecule has 4 heteroatoms. The molecule has 0 amide bonds. The molecule has 1 aromatic carbocycles. The number of hydrogen-bond donors (Lipinski definition) is 1. The Morgan fingerprint density at radius 2 is 2.11 bits per heavy atom. The van der Waals surface area contributed by atoms with E-state index in [1.165, 1.54) is 11.1 Å². The molecule has 0 saturated carbocycles. The van der Waals surface area contributed by atoms with Gasteiger partial charge in [0.2, 0.25) is 6.79 Å². The van der Waals surface area contributed by atoms with Gasteiger partial charge in [-0.2, -0.15) is 0 Å². The monoisotopic (exact) mass is 249 g/mol. The zero-order valence-electron chi connectivity index (χ0n) is 10.7. The zero-order chi connectivity index (χ0) is 12.4. The Morgan fingerprint density at radius 1 is 1.28 bits per heavy atom. The van der Waals surface area contributed by atoms with Crippen LogP contribution in [-0.4, -0.2) is 32.6 Å². The van der Waals surface area contributed by atoms with E-state index < -0.39 is 0 Å². The van der Waals surface area contributed by atoms with Gasteiger partial charge in [-0.1, -0.05) is 0 Å². The summed E-state index contributed by atoms with van der Waals surface area (Å²) in [5.41, 5.74) is 2.59. The third kappa shape index (κ3) is 2.44. The van der Waals surface area contributed by atoms with Gasteiger partial charge in [-0.25, -0.2) is 0 Å². The SMILES string of the molecule is Cc1cc2c(cc1CCC1CNCCO1)OCO2. The fraction of sp³-hybridized carbons (Fsp3) is 0.571. The first kappa shape index (κ1) is 11.8. The number of ether oxygens (including phenoxy) is 3. The molecule has 2 heterocycles. The van der Waals surface area contributed by atoms with Crippen LogP contribution in [0.2, 0.25) is 0 Å². The van der Waals surface area contributed by atoms with Crippen molar-refractivity contribution in [3.05, 3.63) is 23.3 Å². The quantitative estimate of drug-likeness (QED) is 0.884. The lowest BCUT2D eigenvalue weighted by Crippen LogP contribution is -2.38. The maximum Gasteiger partial charge on any atom is 0.231 e. The molecule has 2 aliphatic heterocycles. The van der Waals surface area contributed by atoms with Crippen LogP contribution in [0.5, 0.6) is 11.5 Å². The van der Waals surface area contributed by atoms with Crippen molar-refractivity contribution in [1.82, 2.24) is 5.32 Å². The number of hydrogen-bond acceptors (Lipinski definition) is 4. The number of rotatable bonds is 3. The Balaban J connectivity index is 1.65. The molecule has 4 nitrogen and oxygen atoms in total. The van der Waals surface area contributed by atoms with Gasteiger partial charge in [-0.15, -0.1) is 0 Å². The lowest BCUT2D eigenvalue weighted by Gasteiger charge is -2.23. The molecular formula is C14H19NO3. The van der Waals surface area contributed by atoms with Gasteiger partial charge < -0.3 is 19.5 Å². The van der Waals surface area contributed by atoms with Gasteiger partial charge in [0, 0.05) is 13.1 Å². The highest BCUT2D eigenvalue weighted by molar-refractivity contribution is 5.48. The van der Waals surface area contributed by atoms with E-state index in [0.29, 0.717) is 12.9 Å². The average Bonchev–Trinajstić information content (AvgIpc) is 2.84. The van der Waals surface area contributed by atoms with Crippen LogP contribution in [0.25, 0.3) is 0 Å². The molecule has 0 aliphatic carbocycles. The molecule has 2 aliphatic rings. The zero-order valence-corrected chi connectivity index (χ0v) is 10.7. The number of benzene rings is 1. The Morgan fingerprint density at radius 3 is 2.89 bits per heavy atom. The van der Waals surface area contributed by atoms with Crippen molar-refractivity contribution in [3.8, 4) is 11.5 Å². The third-order valence-corrected chi connectivity index (χ3v) is 3.57. The smallest absolute Gasteiger partial charge is 0.231 e. The van der Waals surface area contributed by atoms with Gasteiger partial charge in [-0.3, -0.25) is 0 Å². The van der Waals surface area contributed by atoms with Crippen molar-refractivity contribution in [1.29, 1.82) is 0 Å². The second-order valence-corrected chi connectivity index (χ2v) is 4.87. The molecule has 98 valence electrons.